The molecule has 0 radical (unpaired) electrons. The predicted octanol–water partition coefficient (Wildman–Crippen LogP) is 3.98. The number of fused-ring (bicyclic) bond motifs is 1. The number of hydrogen-bond acceptors (Lipinski definition) is 1. The first-order valence-electron chi connectivity index (χ1n) is 7.14. The third-order valence-electron chi connectivity index (χ3n) is 4.44. The first kappa shape index (κ1) is 13.0. The molecule has 1 aromatic heterocycles. The molecule has 1 aliphatic rings. The highest BCUT2D eigenvalue weighted by molar-refractivity contribution is 6.32. The molecule has 0 saturated carbocycles. The van der Waals surface area contributed by atoms with Crippen LogP contribution in [0.25, 0.3) is 10.9 Å². The number of H-pyrrole nitrogens is 1. The second-order valence-electron chi connectivity index (χ2n) is 5.72. The average molecular weight is 277 g/mol. The molecule has 0 bridgehead atoms. The van der Waals surface area contributed by atoms with Crippen LogP contribution in [0.3, 0.4) is 0 Å². The van der Waals surface area contributed by atoms with Crippen LogP contribution in [0.15, 0.2) is 12.1 Å². The van der Waals surface area contributed by atoms with Gasteiger partial charge in [-0.3, -0.25) is 0 Å². The van der Waals surface area contributed by atoms with E-state index in [-0.39, 0.29) is 0 Å². The van der Waals surface area contributed by atoms with E-state index in [1.54, 1.807) is 0 Å². The summed E-state index contributed by atoms with van der Waals surface area (Å²) in [5.74, 6) is 0.815. The lowest BCUT2D eigenvalue weighted by Gasteiger charge is -2.22. The molecule has 2 aromatic rings. The van der Waals surface area contributed by atoms with Crippen molar-refractivity contribution in [1.82, 2.24) is 10.3 Å². The number of piperidine rings is 1. The minimum atomic E-state index is 0.815. The molecule has 19 heavy (non-hydrogen) atoms. The van der Waals surface area contributed by atoms with Gasteiger partial charge in [0.05, 0.1) is 5.52 Å². The number of aromatic nitrogens is 1. The van der Waals surface area contributed by atoms with Crippen molar-refractivity contribution in [2.75, 3.05) is 13.1 Å². The van der Waals surface area contributed by atoms with E-state index < -0.39 is 0 Å². The molecule has 2 nitrogen and oxygen atoms in total. The standard InChI is InChI=1S/C16H21ClN2/c1-10-15(17)4-3-13-14(11(2)19-16(10)13)9-12-5-7-18-8-6-12/h3-4,12,18-19H,5-9H2,1-2H3. The van der Waals surface area contributed by atoms with Crippen molar-refractivity contribution in [2.45, 2.75) is 33.1 Å². The Hall–Kier alpha value is -0.990. The SMILES string of the molecule is Cc1[nH]c2c(C)c(Cl)ccc2c1CC1CCNCC1. The summed E-state index contributed by atoms with van der Waals surface area (Å²) >= 11 is 6.21. The zero-order chi connectivity index (χ0) is 13.4. The van der Waals surface area contributed by atoms with Crippen molar-refractivity contribution in [2.24, 2.45) is 5.92 Å². The summed E-state index contributed by atoms with van der Waals surface area (Å²) < 4.78 is 0. The van der Waals surface area contributed by atoms with Gasteiger partial charge in [0.1, 0.15) is 0 Å². The lowest BCUT2D eigenvalue weighted by molar-refractivity contribution is 0.373. The predicted molar refractivity (Wildman–Crippen MR) is 82.1 cm³/mol. The maximum absolute atomic E-state index is 6.21. The second kappa shape index (κ2) is 5.18. The Morgan fingerprint density at radius 3 is 2.68 bits per heavy atom. The van der Waals surface area contributed by atoms with E-state index in [0.29, 0.717) is 0 Å². The van der Waals surface area contributed by atoms with Crippen molar-refractivity contribution in [3.8, 4) is 0 Å². The lowest BCUT2D eigenvalue weighted by atomic mass is 9.90. The van der Waals surface area contributed by atoms with E-state index in [4.69, 9.17) is 11.6 Å². The van der Waals surface area contributed by atoms with Crippen molar-refractivity contribution < 1.29 is 0 Å². The van der Waals surface area contributed by atoms with Crippen molar-refractivity contribution >= 4 is 22.5 Å². The molecule has 0 amide bonds. The number of aromatic amines is 1. The van der Waals surface area contributed by atoms with Crippen molar-refractivity contribution in [1.29, 1.82) is 0 Å². The van der Waals surface area contributed by atoms with Gasteiger partial charge in [-0.1, -0.05) is 17.7 Å². The number of aryl methyl sites for hydroxylation is 2. The van der Waals surface area contributed by atoms with Crippen LogP contribution < -0.4 is 5.32 Å². The van der Waals surface area contributed by atoms with Crippen LogP contribution in [-0.4, -0.2) is 18.1 Å². The number of hydrogen-bond donors (Lipinski definition) is 2. The highest BCUT2D eigenvalue weighted by Gasteiger charge is 2.18. The van der Waals surface area contributed by atoms with Crippen molar-refractivity contribution in [3.63, 3.8) is 0 Å². The van der Waals surface area contributed by atoms with Crippen LogP contribution in [0.4, 0.5) is 0 Å². The summed E-state index contributed by atoms with van der Waals surface area (Å²) in [5.41, 5.74) is 5.17. The summed E-state index contributed by atoms with van der Waals surface area (Å²) in [4.78, 5) is 3.53. The molecular formula is C16H21ClN2. The molecule has 102 valence electrons. The third kappa shape index (κ3) is 2.39. The van der Waals surface area contributed by atoms with Crippen LogP contribution in [-0.2, 0) is 6.42 Å². The number of halogens is 1. The van der Waals surface area contributed by atoms with Crippen molar-refractivity contribution in [3.05, 3.63) is 34.0 Å². The molecule has 0 atom stereocenters. The lowest BCUT2D eigenvalue weighted by Crippen LogP contribution is -2.28. The average Bonchev–Trinajstić information content (AvgIpc) is 2.73. The molecule has 3 rings (SSSR count). The van der Waals surface area contributed by atoms with Gasteiger partial charge in [-0.05, 0) is 69.3 Å². The highest BCUT2D eigenvalue weighted by atomic mass is 35.5. The van der Waals surface area contributed by atoms with Gasteiger partial charge in [0.15, 0.2) is 0 Å². The largest absolute Gasteiger partial charge is 0.358 e. The maximum atomic E-state index is 6.21. The summed E-state index contributed by atoms with van der Waals surface area (Å²) in [6, 6.07) is 4.20. The third-order valence-corrected chi connectivity index (χ3v) is 4.85. The quantitative estimate of drug-likeness (QED) is 0.853. The first-order valence-corrected chi connectivity index (χ1v) is 7.51. The van der Waals surface area contributed by atoms with Gasteiger partial charge in [0.2, 0.25) is 0 Å². The van der Waals surface area contributed by atoms with E-state index in [2.05, 4.69) is 30.2 Å². The van der Waals surface area contributed by atoms with Gasteiger partial charge >= 0.3 is 0 Å². The fraction of sp³-hybridized carbons (Fsp3) is 0.500. The first-order chi connectivity index (χ1) is 9.16. The van der Waals surface area contributed by atoms with E-state index in [0.717, 1.165) is 24.0 Å². The Balaban J connectivity index is 1.98. The molecule has 1 aromatic carbocycles. The number of rotatable bonds is 2. The summed E-state index contributed by atoms with van der Waals surface area (Å²) in [6.45, 7) is 6.60. The van der Waals surface area contributed by atoms with E-state index in [9.17, 15) is 0 Å². The topological polar surface area (TPSA) is 27.8 Å². The fourth-order valence-electron chi connectivity index (χ4n) is 3.20. The molecule has 3 heteroatoms. The molecule has 0 unspecified atom stereocenters. The fourth-order valence-corrected chi connectivity index (χ4v) is 3.36. The zero-order valence-corrected chi connectivity index (χ0v) is 12.4. The molecular weight excluding hydrogens is 256 g/mol. The summed E-state index contributed by atoms with van der Waals surface area (Å²) in [7, 11) is 0. The molecule has 1 saturated heterocycles. The Morgan fingerprint density at radius 1 is 1.21 bits per heavy atom. The molecule has 2 N–H and O–H groups in total. The van der Waals surface area contributed by atoms with Crippen LogP contribution >= 0.6 is 11.6 Å². The van der Waals surface area contributed by atoms with Gasteiger partial charge < -0.3 is 10.3 Å². The normalized spacial score (nSPS) is 17.2. The molecule has 1 fully saturated rings. The molecule has 0 spiro atoms. The molecule has 1 aliphatic heterocycles. The summed E-state index contributed by atoms with van der Waals surface area (Å²) in [6.07, 6.45) is 3.77. The van der Waals surface area contributed by atoms with E-state index in [1.807, 2.05) is 6.07 Å². The van der Waals surface area contributed by atoms with Gasteiger partial charge in [0.25, 0.3) is 0 Å². The minimum absolute atomic E-state index is 0.815. The highest BCUT2D eigenvalue weighted by Crippen LogP contribution is 2.31. The van der Waals surface area contributed by atoms with Crippen LogP contribution in [0.5, 0.6) is 0 Å². The van der Waals surface area contributed by atoms with Gasteiger partial charge in [0, 0.05) is 16.1 Å². The molecule has 2 heterocycles. The minimum Gasteiger partial charge on any atom is -0.358 e. The zero-order valence-electron chi connectivity index (χ0n) is 11.6. The monoisotopic (exact) mass is 276 g/mol. The Bertz CT molecular complexity index is 594. The number of nitrogens with one attached hydrogen (secondary N) is 2. The second-order valence-corrected chi connectivity index (χ2v) is 6.13. The maximum Gasteiger partial charge on any atom is 0.0503 e. The number of benzene rings is 1. The van der Waals surface area contributed by atoms with E-state index >= 15 is 0 Å². The Kier molecular flexibility index (Phi) is 3.55. The summed E-state index contributed by atoms with van der Waals surface area (Å²) in [5, 5.41) is 5.65. The van der Waals surface area contributed by atoms with Crippen LogP contribution in [0, 0.1) is 19.8 Å². The van der Waals surface area contributed by atoms with Gasteiger partial charge in [-0.2, -0.15) is 0 Å². The van der Waals surface area contributed by atoms with Gasteiger partial charge in [-0.25, -0.2) is 0 Å². The van der Waals surface area contributed by atoms with Crippen LogP contribution in [0.1, 0.15) is 29.7 Å². The van der Waals surface area contributed by atoms with Crippen LogP contribution in [0.2, 0.25) is 5.02 Å². The van der Waals surface area contributed by atoms with Gasteiger partial charge in [-0.15, -0.1) is 0 Å². The van der Waals surface area contributed by atoms with E-state index in [1.165, 1.54) is 47.0 Å². The Labute approximate surface area is 119 Å². The molecule has 0 aliphatic carbocycles. The smallest absolute Gasteiger partial charge is 0.0503 e. The Morgan fingerprint density at radius 2 is 1.95 bits per heavy atom.